The number of hydrogen-bond acceptors (Lipinski definition) is 5. The Balaban J connectivity index is 3.15. The average Bonchev–Trinajstić information content (AvgIpc) is 2.18. The van der Waals surface area contributed by atoms with Gasteiger partial charge in [-0.15, -0.1) is 0 Å². The monoisotopic (exact) mass is 198 g/mol. The molecule has 0 fully saturated rings. The van der Waals surface area contributed by atoms with E-state index in [4.69, 9.17) is 11.1 Å². The molecule has 3 N–H and O–H groups in total. The highest BCUT2D eigenvalue weighted by Crippen LogP contribution is 2.05. The van der Waals surface area contributed by atoms with Crippen LogP contribution in [0.1, 0.15) is 5.69 Å². The molecule has 0 saturated heterocycles. The van der Waals surface area contributed by atoms with Gasteiger partial charge in [-0.3, -0.25) is 5.84 Å². The van der Waals surface area contributed by atoms with Gasteiger partial charge >= 0.3 is 0 Å². The Bertz CT molecular complexity index is 431. The second-order valence-electron chi connectivity index (χ2n) is 2.11. The summed E-state index contributed by atoms with van der Waals surface area (Å²) in [6.07, 6.45) is 1.06. The van der Waals surface area contributed by atoms with Crippen molar-refractivity contribution >= 4 is 10.0 Å². The molecule has 1 heterocycles. The predicted octanol–water partition coefficient (Wildman–Crippen LogP) is -0.895. The van der Waals surface area contributed by atoms with Crippen LogP contribution in [-0.2, 0) is 10.0 Å². The van der Waals surface area contributed by atoms with Crippen molar-refractivity contribution in [3.8, 4) is 6.07 Å². The molecule has 1 aromatic rings. The van der Waals surface area contributed by atoms with Gasteiger partial charge in [0.25, 0.3) is 10.0 Å². The minimum atomic E-state index is -3.67. The Hall–Kier alpha value is -1.49. The smallest absolute Gasteiger partial charge is 0.254 e. The van der Waals surface area contributed by atoms with Gasteiger partial charge < -0.3 is 0 Å². The Morgan fingerprint density at radius 2 is 2.23 bits per heavy atom. The normalized spacial score (nSPS) is 10.8. The molecule has 0 aromatic carbocycles. The Morgan fingerprint density at radius 1 is 1.54 bits per heavy atom. The van der Waals surface area contributed by atoms with Gasteiger partial charge in [0.1, 0.15) is 16.7 Å². The minimum Gasteiger partial charge on any atom is -0.257 e. The third-order valence-electron chi connectivity index (χ3n) is 1.32. The standard InChI is InChI=1S/C6H6N4O2S/c7-3-5-1-2-6(4-9-5)13(11,12)10-8/h1-2,4,10H,8H2. The number of sulfonamides is 1. The number of hydrogen-bond donors (Lipinski definition) is 2. The van der Waals surface area contributed by atoms with Gasteiger partial charge in [-0.25, -0.2) is 13.4 Å². The zero-order chi connectivity index (χ0) is 9.90. The molecule has 7 heteroatoms. The molecule has 68 valence electrons. The fourth-order valence-electron chi connectivity index (χ4n) is 0.673. The van der Waals surface area contributed by atoms with Crippen molar-refractivity contribution < 1.29 is 8.42 Å². The van der Waals surface area contributed by atoms with Crippen LogP contribution >= 0.6 is 0 Å². The molecule has 0 atom stereocenters. The summed E-state index contributed by atoms with van der Waals surface area (Å²) >= 11 is 0. The lowest BCUT2D eigenvalue weighted by Gasteiger charge is -1.99. The number of rotatable bonds is 2. The number of nitriles is 1. The van der Waals surface area contributed by atoms with E-state index in [2.05, 4.69) is 4.98 Å². The first kappa shape index (κ1) is 9.60. The van der Waals surface area contributed by atoms with Crippen molar-refractivity contribution in [2.75, 3.05) is 0 Å². The van der Waals surface area contributed by atoms with E-state index in [0.717, 1.165) is 6.20 Å². The molecular formula is C6H6N4O2S. The topological polar surface area (TPSA) is 109 Å². The molecule has 0 bridgehead atoms. The van der Waals surface area contributed by atoms with Crippen molar-refractivity contribution in [1.82, 2.24) is 9.82 Å². The SMILES string of the molecule is N#Cc1ccc(S(=O)(=O)NN)cn1. The van der Waals surface area contributed by atoms with Crippen LogP contribution in [-0.4, -0.2) is 13.4 Å². The second-order valence-corrected chi connectivity index (χ2v) is 3.83. The number of nitrogens with zero attached hydrogens (tertiary/aromatic N) is 2. The fraction of sp³-hybridized carbons (Fsp3) is 0. The molecule has 0 aliphatic carbocycles. The van der Waals surface area contributed by atoms with E-state index >= 15 is 0 Å². The summed E-state index contributed by atoms with van der Waals surface area (Å²) in [4.78, 5) is 5.14. The first-order valence-electron chi connectivity index (χ1n) is 3.19. The van der Waals surface area contributed by atoms with Crippen LogP contribution in [0.2, 0.25) is 0 Å². The maximum absolute atomic E-state index is 11.0. The summed E-state index contributed by atoms with van der Waals surface area (Å²) in [5.41, 5.74) is 0.149. The van der Waals surface area contributed by atoms with Crippen molar-refractivity contribution in [1.29, 1.82) is 5.26 Å². The lowest BCUT2D eigenvalue weighted by Crippen LogP contribution is -2.30. The Labute approximate surface area is 75.0 Å². The molecule has 0 amide bonds. The van der Waals surface area contributed by atoms with Crippen molar-refractivity contribution in [2.24, 2.45) is 5.84 Å². The van der Waals surface area contributed by atoms with Gasteiger partial charge in [-0.2, -0.15) is 10.1 Å². The Kier molecular flexibility index (Phi) is 2.57. The molecule has 0 radical (unpaired) electrons. The van der Waals surface area contributed by atoms with Gasteiger partial charge in [-0.05, 0) is 12.1 Å². The molecule has 1 aromatic heterocycles. The van der Waals surface area contributed by atoms with Crippen LogP contribution in [0.3, 0.4) is 0 Å². The van der Waals surface area contributed by atoms with Crippen LogP contribution in [0.15, 0.2) is 23.2 Å². The lowest BCUT2D eigenvalue weighted by atomic mass is 10.4. The van der Waals surface area contributed by atoms with Crippen LogP contribution in [0, 0.1) is 11.3 Å². The summed E-state index contributed by atoms with van der Waals surface area (Å²) < 4.78 is 22.1. The molecule has 13 heavy (non-hydrogen) atoms. The van der Waals surface area contributed by atoms with Gasteiger partial charge in [0, 0.05) is 6.20 Å². The summed E-state index contributed by atoms with van der Waals surface area (Å²) in [5.74, 6) is 4.78. The number of pyridine rings is 1. The highest BCUT2D eigenvalue weighted by molar-refractivity contribution is 7.89. The Morgan fingerprint density at radius 3 is 2.62 bits per heavy atom. The zero-order valence-corrected chi connectivity index (χ0v) is 7.25. The summed E-state index contributed by atoms with van der Waals surface area (Å²) in [5, 5.41) is 8.39. The van der Waals surface area contributed by atoms with Gasteiger partial charge in [0.05, 0.1) is 0 Å². The van der Waals surface area contributed by atoms with E-state index in [1.165, 1.54) is 12.1 Å². The molecule has 0 aliphatic rings. The van der Waals surface area contributed by atoms with E-state index in [-0.39, 0.29) is 10.6 Å². The maximum atomic E-state index is 11.0. The first-order valence-corrected chi connectivity index (χ1v) is 4.67. The van der Waals surface area contributed by atoms with Crippen LogP contribution in [0.25, 0.3) is 0 Å². The highest BCUT2D eigenvalue weighted by atomic mass is 32.2. The highest BCUT2D eigenvalue weighted by Gasteiger charge is 2.11. The number of nitrogens with one attached hydrogen (secondary N) is 1. The molecule has 6 nitrogen and oxygen atoms in total. The summed E-state index contributed by atoms with van der Waals surface area (Å²) in [7, 11) is -3.67. The quantitative estimate of drug-likeness (QED) is 0.473. The van der Waals surface area contributed by atoms with Crippen molar-refractivity contribution in [3.63, 3.8) is 0 Å². The number of nitrogens with two attached hydrogens (primary N) is 1. The van der Waals surface area contributed by atoms with E-state index in [0.29, 0.717) is 0 Å². The van der Waals surface area contributed by atoms with Gasteiger partial charge in [0.2, 0.25) is 0 Å². The van der Waals surface area contributed by atoms with Crippen LogP contribution in [0.5, 0.6) is 0 Å². The van der Waals surface area contributed by atoms with E-state index < -0.39 is 10.0 Å². The molecule has 0 aliphatic heterocycles. The third-order valence-corrected chi connectivity index (χ3v) is 2.49. The summed E-state index contributed by atoms with van der Waals surface area (Å²) in [6.45, 7) is 0. The zero-order valence-electron chi connectivity index (χ0n) is 6.43. The van der Waals surface area contributed by atoms with Crippen molar-refractivity contribution in [3.05, 3.63) is 24.0 Å². The predicted molar refractivity (Wildman–Crippen MR) is 43.5 cm³/mol. The minimum absolute atomic E-state index is 0.0750. The maximum Gasteiger partial charge on any atom is 0.254 e. The molecule has 1 rings (SSSR count). The molecule has 0 spiro atoms. The molecule has 0 unspecified atom stereocenters. The summed E-state index contributed by atoms with van der Waals surface area (Å²) in [6, 6.07) is 4.31. The van der Waals surface area contributed by atoms with Crippen LogP contribution in [0.4, 0.5) is 0 Å². The van der Waals surface area contributed by atoms with Crippen molar-refractivity contribution in [2.45, 2.75) is 4.90 Å². The van der Waals surface area contributed by atoms with E-state index in [1.54, 1.807) is 10.9 Å². The average molecular weight is 198 g/mol. The third kappa shape index (κ3) is 2.00. The van der Waals surface area contributed by atoms with E-state index in [1.807, 2.05) is 0 Å². The van der Waals surface area contributed by atoms with Gasteiger partial charge in [0.15, 0.2) is 0 Å². The van der Waals surface area contributed by atoms with Gasteiger partial charge in [-0.1, -0.05) is 0 Å². The van der Waals surface area contributed by atoms with Crippen LogP contribution < -0.4 is 10.7 Å². The van der Waals surface area contributed by atoms with E-state index in [9.17, 15) is 8.42 Å². The number of hydrazine groups is 1. The lowest BCUT2D eigenvalue weighted by molar-refractivity contribution is 0.583. The molecule has 0 saturated carbocycles. The fourth-order valence-corrected chi connectivity index (χ4v) is 1.25. The largest absolute Gasteiger partial charge is 0.257 e. The molecular weight excluding hydrogens is 192 g/mol. The second kappa shape index (κ2) is 3.49. The first-order chi connectivity index (χ1) is 6.10. The number of aromatic nitrogens is 1.